The van der Waals surface area contributed by atoms with E-state index in [-0.39, 0.29) is 29.1 Å². The van der Waals surface area contributed by atoms with Gasteiger partial charge in [0.2, 0.25) is 5.91 Å². The molecule has 2 heterocycles. The van der Waals surface area contributed by atoms with Gasteiger partial charge in [-0.25, -0.2) is 19.2 Å². The molecule has 0 atom stereocenters. The first-order valence-corrected chi connectivity index (χ1v) is 9.07. The molecule has 2 aromatic rings. The molecule has 1 amide bonds. The Morgan fingerprint density at radius 2 is 2.14 bits per heavy atom. The van der Waals surface area contributed by atoms with Crippen molar-refractivity contribution in [3.63, 3.8) is 0 Å². The summed E-state index contributed by atoms with van der Waals surface area (Å²) in [5, 5.41) is 0. The zero-order valence-electron chi connectivity index (χ0n) is 11.0. The number of aromatic nitrogens is 2. The number of nitrogens with one attached hydrogen (secondary N) is 1. The minimum atomic E-state index is -2.93. The molecule has 0 saturated carbocycles. The summed E-state index contributed by atoms with van der Waals surface area (Å²) in [5.41, 5.74) is 3.73. The topological polar surface area (TPSA) is 107 Å². The molecular weight excluding hydrogens is 312 g/mol. The van der Waals surface area contributed by atoms with E-state index in [1.165, 1.54) is 11.9 Å². The Morgan fingerprint density at radius 1 is 1.43 bits per heavy atom. The maximum absolute atomic E-state index is 11.4. The molecule has 0 spiro atoms. The molecule has 3 N–H and O–H groups in total. The van der Waals surface area contributed by atoms with Crippen LogP contribution in [-0.2, 0) is 14.6 Å². The van der Waals surface area contributed by atoms with E-state index in [0.717, 1.165) is 11.0 Å². The summed E-state index contributed by atoms with van der Waals surface area (Å²) in [6.45, 7) is 0. The quantitative estimate of drug-likeness (QED) is 0.466. The van der Waals surface area contributed by atoms with Crippen molar-refractivity contribution in [3.05, 3.63) is 30.1 Å². The van der Waals surface area contributed by atoms with Crippen LogP contribution in [0.1, 0.15) is 11.7 Å². The molecule has 0 bridgehead atoms. The number of amides is 1. The van der Waals surface area contributed by atoms with E-state index in [1.54, 1.807) is 0 Å². The first-order chi connectivity index (χ1) is 10.00. The molecule has 0 unspecified atom stereocenters. The van der Waals surface area contributed by atoms with Gasteiger partial charge in [-0.05, 0) is 24.1 Å². The van der Waals surface area contributed by atoms with E-state index in [2.05, 4.69) is 10.4 Å². The monoisotopic (exact) mass is 326 g/mol. The fourth-order valence-electron chi connectivity index (χ4n) is 2.29. The van der Waals surface area contributed by atoms with Crippen LogP contribution in [0.5, 0.6) is 0 Å². The molecule has 1 aliphatic heterocycles. The largest absolute Gasteiger partial charge is 0.293 e. The van der Waals surface area contributed by atoms with Gasteiger partial charge < -0.3 is 0 Å². The van der Waals surface area contributed by atoms with Gasteiger partial charge in [-0.3, -0.25) is 14.2 Å². The van der Waals surface area contributed by atoms with Crippen molar-refractivity contribution >= 4 is 38.7 Å². The minimum absolute atomic E-state index is 0.111. The Balaban J connectivity index is 1.96. The van der Waals surface area contributed by atoms with Crippen molar-refractivity contribution in [1.82, 2.24) is 14.4 Å². The van der Waals surface area contributed by atoms with Crippen molar-refractivity contribution in [3.8, 4) is 0 Å². The second-order valence-electron chi connectivity index (χ2n) is 4.87. The standard InChI is InChI=1S/C12H14N4O3S2/c13-15-11(17)5-20-16-10-4-2-1-3-9(10)14-12(16)8-6-21(18,19)7-8/h1-4,8H,5-7,13H2,(H,15,17). The fraction of sp³-hybridized carbons (Fsp3) is 0.333. The summed E-state index contributed by atoms with van der Waals surface area (Å²) in [6.07, 6.45) is 0. The highest BCUT2D eigenvalue weighted by atomic mass is 32.2. The van der Waals surface area contributed by atoms with Gasteiger partial charge in [0.25, 0.3) is 0 Å². The zero-order valence-corrected chi connectivity index (χ0v) is 12.7. The molecule has 112 valence electrons. The number of hydrogen-bond acceptors (Lipinski definition) is 6. The first-order valence-electron chi connectivity index (χ1n) is 6.31. The second kappa shape index (κ2) is 5.32. The number of imidazole rings is 1. The van der Waals surface area contributed by atoms with Crippen LogP contribution in [0.2, 0.25) is 0 Å². The third-order valence-corrected chi connectivity index (χ3v) is 6.16. The third kappa shape index (κ3) is 2.76. The van der Waals surface area contributed by atoms with Crippen LogP contribution in [-0.4, -0.2) is 40.5 Å². The molecule has 3 rings (SSSR count). The number of hydrogen-bond donors (Lipinski definition) is 2. The molecule has 1 aromatic heterocycles. The average Bonchev–Trinajstić information content (AvgIpc) is 2.80. The summed E-state index contributed by atoms with van der Waals surface area (Å²) in [6, 6.07) is 7.52. The van der Waals surface area contributed by atoms with Crippen molar-refractivity contribution in [2.75, 3.05) is 17.3 Å². The highest BCUT2D eigenvalue weighted by Gasteiger charge is 2.38. The smallest absolute Gasteiger partial charge is 0.245 e. The van der Waals surface area contributed by atoms with E-state index < -0.39 is 9.84 Å². The van der Waals surface area contributed by atoms with Crippen LogP contribution in [0.25, 0.3) is 11.0 Å². The number of para-hydroxylation sites is 2. The maximum Gasteiger partial charge on any atom is 0.245 e. The predicted octanol–water partition coefficient (Wildman–Crippen LogP) is 0.0345. The number of nitrogens with zero attached hydrogens (tertiary/aromatic N) is 2. The van der Waals surface area contributed by atoms with Crippen molar-refractivity contribution in [2.45, 2.75) is 5.92 Å². The third-order valence-electron chi connectivity index (χ3n) is 3.30. The summed E-state index contributed by atoms with van der Waals surface area (Å²) < 4.78 is 24.6. The molecule has 1 aromatic carbocycles. The number of rotatable bonds is 4. The Kier molecular flexibility index (Phi) is 3.64. The lowest BCUT2D eigenvalue weighted by molar-refractivity contribution is -0.118. The second-order valence-corrected chi connectivity index (χ2v) is 7.93. The van der Waals surface area contributed by atoms with E-state index in [4.69, 9.17) is 5.84 Å². The number of hydrazine groups is 1. The maximum atomic E-state index is 11.4. The summed E-state index contributed by atoms with van der Waals surface area (Å²) in [4.78, 5) is 15.8. The van der Waals surface area contributed by atoms with Gasteiger partial charge in [0, 0.05) is 5.92 Å². The van der Waals surface area contributed by atoms with Crippen molar-refractivity contribution in [1.29, 1.82) is 0 Å². The van der Waals surface area contributed by atoms with Crippen LogP contribution in [0.15, 0.2) is 24.3 Å². The van der Waals surface area contributed by atoms with Crippen molar-refractivity contribution in [2.24, 2.45) is 5.84 Å². The Morgan fingerprint density at radius 3 is 2.81 bits per heavy atom. The van der Waals surface area contributed by atoms with E-state index in [9.17, 15) is 13.2 Å². The molecule has 1 fully saturated rings. The van der Waals surface area contributed by atoms with Gasteiger partial charge in [0.1, 0.15) is 5.82 Å². The molecule has 9 heteroatoms. The van der Waals surface area contributed by atoms with Gasteiger partial charge in [-0.15, -0.1) is 0 Å². The first kappa shape index (κ1) is 14.4. The lowest BCUT2D eigenvalue weighted by atomic mass is 10.2. The molecule has 0 radical (unpaired) electrons. The highest BCUT2D eigenvalue weighted by molar-refractivity contribution is 7.98. The lowest BCUT2D eigenvalue weighted by Gasteiger charge is -2.25. The molecule has 0 aliphatic carbocycles. The van der Waals surface area contributed by atoms with Crippen molar-refractivity contribution < 1.29 is 13.2 Å². The number of carbonyl (C=O) groups is 1. The predicted molar refractivity (Wildman–Crippen MR) is 81.3 cm³/mol. The Bertz CT molecular complexity index is 788. The van der Waals surface area contributed by atoms with Crippen LogP contribution in [0.4, 0.5) is 0 Å². The van der Waals surface area contributed by atoms with Gasteiger partial charge in [0.15, 0.2) is 9.84 Å². The Hall–Kier alpha value is -1.58. The highest BCUT2D eigenvalue weighted by Crippen LogP contribution is 2.33. The number of carbonyl (C=O) groups excluding carboxylic acids is 1. The molecule has 1 saturated heterocycles. The molecular formula is C12H14N4O3S2. The van der Waals surface area contributed by atoms with E-state index in [1.807, 2.05) is 28.2 Å². The van der Waals surface area contributed by atoms with Gasteiger partial charge in [0.05, 0.1) is 28.3 Å². The van der Waals surface area contributed by atoms with E-state index in [0.29, 0.717) is 5.82 Å². The van der Waals surface area contributed by atoms with Crippen LogP contribution in [0.3, 0.4) is 0 Å². The minimum Gasteiger partial charge on any atom is -0.293 e. The van der Waals surface area contributed by atoms with Crippen LogP contribution < -0.4 is 11.3 Å². The molecule has 1 aliphatic rings. The normalized spacial score (nSPS) is 17.6. The summed E-state index contributed by atoms with van der Waals surface area (Å²) >= 11 is 1.26. The van der Waals surface area contributed by atoms with Gasteiger partial charge in [-0.2, -0.15) is 0 Å². The Labute approximate surface area is 125 Å². The van der Waals surface area contributed by atoms with E-state index >= 15 is 0 Å². The lowest BCUT2D eigenvalue weighted by Crippen LogP contribution is -2.36. The van der Waals surface area contributed by atoms with Gasteiger partial charge >= 0.3 is 0 Å². The van der Waals surface area contributed by atoms with Crippen LogP contribution >= 0.6 is 11.9 Å². The SMILES string of the molecule is NNC(=O)CSn1c(C2CS(=O)(=O)C2)nc2ccccc21. The van der Waals surface area contributed by atoms with Gasteiger partial charge in [-0.1, -0.05) is 12.1 Å². The van der Waals surface area contributed by atoms with Crippen LogP contribution in [0, 0.1) is 0 Å². The number of sulfone groups is 1. The zero-order chi connectivity index (χ0) is 15.0. The number of benzene rings is 1. The summed E-state index contributed by atoms with van der Waals surface area (Å²) in [7, 11) is -2.93. The molecule has 7 nitrogen and oxygen atoms in total. The number of nitrogens with two attached hydrogens (primary N) is 1. The average molecular weight is 326 g/mol. The number of fused-ring (bicyclic) bond motifs is 1. The summed E-state index contributed by atoms with van der Waals surface area (Å²) in [5.74, 6) is 5.72. The molecule has 21 heavy (non-hydrogen) atoms. The fourth-order valence-corrected chi connectivity index (χ4v) is 4.67.